The van der Waals surface area contributed by atoms with Crippen molar-refractivity contribution in [3.05, 3.63) is 12.2 Å². The summed E-state index contributed by atoms with van der Waals surface area (Å²) in [6.07, 6.45) is 6.93. The molecule has 0 aromatic carbocycles. The number of aliphatic hydroxyl groups is 1. The van der Waals surface area contributed by atoms with Crippen molar-refractivity contribution in [2.24, 2.45) is 17.8 Å². The van der Waals surface area contributed by atoms with Crippen LogP contribution < -0.4 is 0 Å². The van der Waals surface area contributed by atoms with Crippen molar-refractivity contribution in [3.63, 3.8) is 0 Å². The minimum atomic E-state index is 0.113. The lowest BCUT2D eigenvalue weighted by Gasteiger charge is -2.28. The topological polar surface area (TPSA) is 37.3 Å². The van der Waals surface area contributed by atoms with Gasteiger partial charge in [0.25, 0.3) is 0 Å². The number of hydrogen-bond acceptors (Lipinski definition) is 2. The third-order valence-corrected chi connectivity index (χ3v) is 2.69. The van der Waals surface area contributed by atoms with E-state index in [2.05, 4.69) is 19.1 Å². The summed E-state index contributed by atoms with van der Waals surface area (Å²) in [7, 11) is 0. The number of aldehydes is 1. The summed E-state index contributed by atoms with van der Waals surface area (Å²) in [4.78, 5) is 10.7. The maximum absolute atomic E-state index is 10.7. The maximum Gasteiger partial charge on any atom is 0.123 e. The van der Waals surface area contributed by atoms with Gasteiger partial charge in [0.1, 0.15) is 6.29 Å². The average Bonchev–Trinajstić information content (AvgIpc) is 2.05. The second-order valence-corrected chi connectivity index (χ2v) is 3.51. The van der Waals surface area contributed by atoms with Gasteiger partial charge >= 0.3 is 0 Å². The lowest BCUT2D eigenvalue weighted by atomic mass is 9.76. The van der Waals surface area contributed by atoms with Gasteiger partial charge in [-0.15, -0.1) is 0 Å². The zero-order valence-electron chi connectivity index (χ0n) is 7.44. The van der Waals surface area contributed by atoms with E-state index in [0.717, 1.165) is 19.1 Å². The van der Waals surface area contributed by atoms with Crippen LogP contribution in [0.4, 0.5) is 0 Å². The molecule has 0 aromatic rings. The Kier molecular flexibility index (Phi) is 3.48. The Morgan fingerprint density at radius 2 is 2.42 bits per heavy atom. The first-order chi connectivity index (χ1) is 5.79. The predicted molar refractivity (Wildman–Crippen MR) is 47.7 cm³/mol. The number of carbonyl (C=O) groups is 1. The number of rotatable bonds is 3. The molecular formula is C10H16O2. The Morgan fingerprint density at radius 3 is 3.00 bits per heavy atom. The Labute approximate surface area is 73.3 Å². The van der Waals surface area contributed by atoms with E-state index in [1.807, 2.05) is 0 Å². The minimum absolute atomic E-state index is 0.113. The molecule has 0 aromatic heterocycles. The van der Waals surface area contributed by atoms with Crippen molar-refractivity contribution in [2.45, 2.75) is 19.8 Å². The van der Waals surface area contributed by atoms with Gasteiger partial charge < -0.3 is 9.90 Å². The largest absolute Gasteiger partial charge is 0.396 e. The summed E-state index contributed by atoms with van der Waals surface area (Å²) in [6.45, 7) is 2.24. The van der Waals surface area contributed by atoms with Gasteiger partial charge in [-0.1, -0.05) is 19.1 Å². The van der Waals surface area contributed by atoms with Crippen molar-refractivity contribution >= 4 is 6.29 Å². The maximum atomic E-state index is 10.7. The molecule has 0 spiro atoms. The highest BCUT2D eigenvalue weighted by Gasteiger charge is 2.26. The van der Waals surface area contributed by atoms with Crippen LogP contribution in [0.15, 0.2) is 12.2 Å². The molecule has 0 aliphatic heterocycles. The first-order valence-electron chi connectivity index (χ1n) is 4.52. The number of hydrogen-bond donors (Lipinski definition) is 1. The number of carbonyl (C=O) groups excluding carboxylic acids is 1. The molecule has 0 bridgehead atoms. The van der Waals surface area contributed by atoms with E-state index in [4.69, 9.17) is 5.11 Å². The van der Waals surface area contributed by atoms with Gasteiger partial charge in [-0.3, -0.25) is 0 Å². The Bertz CT molecular complexity index is 175. The summed E-state index contributed by atoms with van der Waals surface area (Å²) >= 11 is 0. The third-order valence-electron chi connectivity index (χ3n) is 2.69. The molecule has 1 aliphatic carbocycles. The predicted octanol–water partition coefficient (Wildman–Crippen LogP) is 1.40. The van der Waals surface area contributed by atoms with Crippen LogP contribution in [-0.4, -0.2) is 18.0 Å². The van der Waals surface area contributed by atoms with Crippen LogP contribution in [0.1, 0.15) is 19.8 Å². The normalized spacial score (nSPS) is 35.0. The summed E-state index contributed by atoms with van der Waals surface area (Å²) in [5.41, 5.74) is 0. The standard InChI is InChI=1S/C10H16O2/c1-8-3-2-4-9(5-6-11)10(8)7-12/h2-3,7-11H,4-6H2,1H3. The fourth-order valence-corrected chi connectivity index (χ4v) is 1.89. The molecule has 0 saturated heterocycles. The van der Waals surface area contributed by atoms with Crippen LogP contribution in [-0.2, 0) is 4.79 Å². The minimum Gasteiger partial charge on any atom is -0.396 e. The molecule has 3 atom stereocenters. The molecule has 1 rings (SSSR count). The third kappa shape index (κ3) is 1.95. The molecule has 0 saturated carbocycles. The van der Waals surface area contributed by atoms with Crippen LogP contribution in [0, 0.1) is 17.8 Å². The lowest BCUT2D eigenvalue weighted by molar-refractivity contribution is -0.113. The van der Waals surface area contributed by atoms with Crippen LogP contribution in [0.3, 0.4) is 0 Å². The molecule has 1 aliphatic rings. The highest BCUT2D eigenvalue weighted by Crippen LogP contribution is 2.30. The Morgan fingerprint density at radius 1 is 1.67 bits per heavy atom. The lowest BCUT2D eigenvalue weighted by Crippen LogP contribution is -2.25. The van der Waals surface area contributed by atoms with E-state index in [0.29, 0.717) is 11.8 Å². The Balaban J connectivity index is 2.60. The zero-order valence-corrected chi connectivity index (χ0v) is 7.44. The SMILES string of the molecule is CC1C=CCC(CCO)C1C=O. The molecule has 2 nitrogen and oxygen atoms in total. The molecule has 0 amide bonds. The van der Waals surface area contributed by atoms with Crippen LogP contribution in [0.2, 0.25) is 0 Å². The molecule has 68 valence electrons. The summed E-state index contributed by atoms with van der Waals surface area (Å²) in [5.74, 6) is 0.808. The first-order valence-corrected chi connectivity index (χ1v) is 4.52. The highest BCUT2D eigenvalue weighted by atomic mass is 16.3. The van der Waals surface area contributed by atoms with E-state index in [1.54, 1.807) is 0 Å². The fraction of sp³-hybridized carbons (Fsp3) is 0.700. The van der Waals surface area contributed by atoms with Crippen molar-refractivity contribution in [3.8, 4) is 0 Å². The summed E-state index contributed by atoms with van der Waals surface area (Å²) in [5, 5.41) is 8.78. The quantitative estimate of drug-likeness (QED) is 0.511. The first kappa shape index (κ1) is 9.46. The van der Waals surface area contributed by atoms with E-state index in [1.165, 1.54) is 0 Å². The van der Waals surface area contributed by atoms with Crippen molar-refractivity contribution in [1.29, 1.82) is 0 Å². The number of aliphatic hydroxyl groups excluding tert-OH is 1. The van der Waals surface area contributed by atoms with E-state index in [-0.39, 0.29) is 12.5 Å². The van der Waals surface area contributed by atoms with E-state index < -0.39 is 0 Å². The van der Waals surface area contributed by atoms with Gasteiger partial charge in [0.05, 0.1) is 0 Å². The van der Waals surface area contributed by atoms with Gasteiger partial charge in [-0.2, -0.15) is 0 Å². The van der Waals surface area contributed by atoms with Crippen LogP contribution >= 0.6 is 0 Å². The van der Waals surface area contributed by atoms with E-state index in [9.17, 15) is 4.79 Å². The van der Waals surface area contributed by atoms with Gasteiger partial charge in [-0.05, 0) is 24.7 Å². The van der Waals surface area contributed by atoms with Crippen molar-refractivity contribution in [2.75, 3.05) is 6.61 Å². The van der Waals surface area contributed by atoms with Gasteiger partial charge in [0.15, 0.2) is 0 Å². The molecular weight excluding hydrogens is 152 g/mol. The monoisotopic (exact) mass is 168 g/mol. The molecule has 0 fully saturated rings. The van der Waals surface area contributed by atoms with Gasteiger partial charge in [0, 0.05) is 12.5 Å². The average molecular weight is 168 g/mol. The molecule has 12 heavy (non-hydrogen) atoms. The van der Waals surface area contributed by atoms with Gasteiger partial charge in [0.2, 0.25) is 0 Å². The second kappa shape index (κ2) is 4.41. The van der Waals surface area contributed by atoms with Crippen LogP contribution in [0.5, 0.6) is 0 Å². The summed E-state index contributed by atoms with van der Waals surface area (Å²) < 4.78 is 0. The van der Waals surface area contributed by atoms with Crippen LogP contribution in [0.25, 0.3) is 0 Å². The molecule has 3 unspecified atom stereocenters. The molecule has 0 heterocycles. The van der Waals surface area contributed by atoms with Crippen molar-refractivity contribution < 1.29 is 9.90 Å². The molecule has 0 radical (unpaired) electrons. The summed E-state index contributed by atoms with van der Waals surface area (Å²) in [6, 6.07) is 0. The van der Waals surface area contributed by atoms with Gasteiger partial charge in [-0.25, -0.2) is 0 Å². The Hall–Kier alpha value is -0.630. The number of allylic oxidation sites excluding steroid dienone is 2. The zero-order chi connectivity index (χ0) is 8.97. The fourth-order valence-electron chi connectivity index (χ4n) is 1.89. The van der Waals surface area contributed by atoms with Crippen molar-refractivity contribution in [1.82, 2.24) is 0 Å². The second-order valence-electron chi connectivity index (χ2n) is 3.51. The molecule has 1 N–H and O–H groups in total. The molecule has 2 heteroatoms. The smallest absolute Gasteiger partial charge is 0.123 e. The van der Waals surface area contributed by atoms with E-state index >= 15 is 0 Å². The highest BCUT2D eigenvalue weighted by molar-refractivity contribution is 5.55.